The van der Waals surface area contributed by atoms with Gasteiger partial charge in [-0.1, -0.05) is 11.2 Å². The van der Waals surface area contributed by atoms with Gasteiger partial charge in [0.1, 0.15) is 5.69 Å². The van der Waals surface area contributed by atoms with E-state index in [4.69, 9.17) is 4.52 Å². The Labute approximate surface area is 81.2 Å². The Hall–Kier alpha value is -1.75. The molecule has 72 valence electrons. The Kier molecular flexibility index (Phi) is 2.51. The molecule has 0 aliphatic rings. The second-order valence-electron chi connectivity index (χ2n) is 2.76. The number of nitrogens with zero attached hydrogens (tertiary/aromatic N) is 3. The van der Waals surface area contributed by atoms with E-state index in [1.165, 1.54) is 0 Å². The van der Waals surface area contributed by atoms with E-state index in [1.807, 2.05) is 25.2 Å². The van der Waals surface area contributed by atoms with Crippen molar-refractivity contribution in [3.63, 3.8) is 0 Å². The highest BCUT2D eigenvalue weighted by Gasteiger charge is 2.07. The van der Waals surface area contributed by atoms with Crippen LogP contribution in [0, 0.1) is 0 Å². The maximum atomic E-state index is 5.00. The first-order chi connectivity index (χ1) is 6.90. The van der Waals surface area contributed by atoms with Crippen LogP contribution in [0.1, 0.15) is 5.89 Å². The van der Waals surface area contributed by atoms with Crippen molar-refractivity contribution in [2.24, 2.45) is 0 Å². The summed E-state index contributed by atoms with van der Waals surface area (Å²) in [7, 11) is 1.82. The van der Waals surface area contributed by atoms with Gasteiger partial charge < -0.3 is 9.84 Å². The fourth-order valence-electron chi connectivity index (χ4n) is 1.08. The number of nitrogens with one attached hydrogen (secondary N) is 1. The average Bonchev–Trinajstić information content (AvgIpc) is 2.68. The average molecular weight is 190 g/mol. The lowest BCUT2D eigenvalue weighted by Crippen LogP contribution is -2.04. The Bertz CT molecular complexity index is 398. The summed E-state index contributed by atoms with van der Waals surface area (Å²) in [4.78, 5) is 8.28. The highest BCUT2D eigenvalue weighted by molar-refractivity contribution is 5.46. The molecule has 0 aromatic carbocycles. The van der Waals surface area contributed by atoms with Gasteiger partial charge in [-0.05, 0) is 19.2 Å². The number of aromatic nitrogens is 3. The van der Waals surface area contributed by atoms with Crippen LogP contribution in [0.3, 0.4) is 0 Å². The fourth-order valence-corrected chi connectivity index (χ4v) is 1.08. The van der Waals surface area contributed by atoms with E-state index in [0.29, 0.717) is 18.3 Å². The quantitative estimate of drug-likeness (QED) is 0.777. The van der Waals surface area contributed by atoms with Crippen molar-refractivity contribution in [3.8, 4) is 11.5 Å². The Morgan fingerprint density at radius 1 is 1.43 bits per heavy atom. The van der Waals surface area contributed by atoms with Crippen LogP contribution >= 0.6 is 0 Å². The van der Waals surface area contributed by atoms with Gasteiger partial charge in [0, 0.05) is 6.20 Å². The van der Waals surface area contributed by atoms with E-state index in [-0.39, 0.29) is 0 Å². The second-order valence-corrected chi connectivity index (χ2v) is 2.76. The van der Waals surface area contributed by atoms with E-state index >= 15 is 0 Å². The minimum absolute atomic E-state index is 0.524. The Morgan fingerprint density at radius 3 is 3.07 bits per heavy atom. The molecule has 2 heterocycles. The lowest BCUT2D eigenvalue weighted by molar-refractivity contribution is 0.372. The fraction of sp³-hybridized carbons (Fsp3) is 0.222. The SMILES string of the molecule is CNCc1nc(-c2ccccn2)no1. The minimum atomic E-state index is 0.524. The molecule has 0 radical (unpaired) electrons. The van der Waals surface area contributed by atoms with Crippen molar-refractivity contribution in [3.05, 3.63) is 30.3 Å². The van der Waals surface area contributed by atoms with Crippen LogP contribution in [0.4, 0.5) is 0 Å². The predicted octanol–water partition coefficient (Wildman–Crippen LogP) is 0.851. The van der Waals surface area contributed by atoms with Crippen molar-refractivity contribution in [2.75, 3.05) is 7.05 Å². The number of hydrogen-bond donors (Lipinski definition) is 1. The van der Waals surface area contributed by atoms with Gasteiger partial charge in [-0.2, -0.15) is 4.98 Å². The van der Waals surface area contributed by atoms with Gasteiger partial charge >= 0.3 is 0 Å². The van der Waals surface area contributed by atoms with Crippen LogP contribution in [0.5, 0.6) is 0 Å². The van der Waals surface area contributed by atoms with Gasteiger partial charge in [-0.15, -0.1) is 0 Å². The van der Waals surface area contributed by atoms with E-state index in [1.54, 1.807) is 6.20 Å². The summed E-state index contributed by atoms with van der Waals surface area (Å²) in [6.45, 7) is 0.569. The topological polar surface area (TPSA) is 63.8 Å². The molecule has 1 N–H and O–H groups in total. The molecule has 0 aliphatic heterocycles. The molecule has 5 nitrogen and oxygen atoms in total. The van der Waals surface area contributed by atoms with Crippen LogP contribution in [0.25, 0.3) is 11.5 Å². The van der Waals surface area contributed by atoms with Crippen LogP contribution in [-0.4, -0.2) is 22.2 Å². The molecule has 0 atom stereocenters. The van der Waals surface area contributed by atoms with Crippen molar-refractivity contribution in [1.29, 1.82) is 0 Å². The van der Waals surface area contributed by atoms with Crippen molar-refractivity contribution >= 4 is 0 Å². The molecule has 0 bridgehead atoms. The normalized spacial score (nSPS) is 10.4. The molecule has 0 saturated heterocycles. The summed E-state index contributed by atoms with van der Waals surface area (Å²) in [5, 5.41) is 6.75. The summed E-state index contributed by atoms with van der Waals surface area (Å²) in [5.41, 5.74) is 0.721. The van der Waals surface area contributed by atoms with Gasteiger partial charge in [-0.3, -0.25) is 4.98 Å². The second kappa shape index (κ2) is 3.97. The van der Waals surface area contributed by atoms with Crippen molar-refractivity contribution < 1.29 is 4.52 Å². The highest BCUT2D eigenvalue weighted by Crippen LogP contribution is 2.11. The van der Waals surface area contributed by atoms with E-state index in [0.717, 1.165) is 5.69 Å². The third kappa shape index (κ3) is 1.77. The van der Waals surface area contributed by atoms with Crippen molar-refractivity contribution in [2.45, 2.75) is 6.54 Å². The van der Waals surface area contributed by atoms with Crippen LogP contribution in [0.15, 0.2) is 28.9 Å². The zero-order valence-electron chi connectivity index (χ0n) is 7.77. The molecule has 2 aromatic rings. The van der Waals surface area contributed by atoms with Crippen LogP contribution < -0.4 is 5.32 Å². The zero-order valence-corrected chi connectivity index (χ0v) is 7.77. The lowest BCUT2D eigenvalue weighted by atomic mass is 10.3. The third-order valence-electron chi connectivity index (χ3n) is 1.69. The summed E-state index contributed by atoms with van der Waals surface area (Å²) in [5.74, 6) is 1.09. The number of hydrogen-bond acceptors (Lipinski definition) is 5. The largest absolute Gasteiger partial charge is 0.337 e. The molecule has 2 rings (SSSR count). The smallest absolute Gasteiger partial charge is 0.240 e. The molecule has 2 aromatic heterocycles. The standard InChI is InChI=1S/C9H10N4O/c1-10-6-8-12-9(13-14-8)7-4-2-3-5-11-7/h2-5,10H,6H2,1H3. The Balaban J connectivity index is 2.25. The molecule has 0 amide bonds. The van der Waals surface area contributed by atoms with Gasteiger partial charge in [0.25, 0.3) is 0 Å². The maximum absolute atomic E-state index is 5.00. The molecule has 0 fully saturated rings. The minimum Gasteiger partial charge on any atom is -0.337 e. The van der Waals surface area contributed by atoms with Crippen molar-refractivity contribution in [1.82, 2.24) is 20.4 Å². The molecule has 5 heteroatoms. The van der Waals surface area contributed by atoms with E-state index in [2.05, 4.69) is 20.4 Å². The highest BCUT2D eigenvalue weighted by atomic mass is 16.5. The maximum Gasteiger partial charge on any atom is 0.240 e. The lowest BCUT2D eigenvalue weighted by Gasteiger charge is -1.89. The number of rotatable bonds is 3. The molecule has 0 unspecified atom stereocenters. The molecule has 14 heavy (non-hydrogen) atoms. The predicted molar refractivity (Wildman–Crippen MR) is 50.3 cm³/mol. The zero-order chi connectivity index (χ0) is 9.80. The van der Waals surface area contributed by atoms with E-state index in [9.17, 15) is 0 Å². The van der Waals surface area contributed by atoms with Crippen LogP contribution in [-0.2, 0) is 6.54 Å². The molecule has 0 aliphatic carbocycles. The molecule has 0 saturated carbocycles. The Morgan fingerprint density at radius 2 is 2.36 bits per heavy atom. The first-order valence-electron chi connectivity index (χ1n) is 4.29. The van der Waals surface area contributed by atoms with Gasteiger partial charge in [0.15, 0.2) is 0 Å². The summed E-state index contributed by atoms with van der Waals surface area (Å²) >= 11 is 0. The summed E-state index contributed by atoms with van der Waals surface area (Å²) < 4.78 is 5.00. The summed E-state index contributed by atoms with van der Waals surface area (Å²) in [6.07, 6.45) is 1.70. The molecular weight excluding hydrogens is 180 g/mol. The molecule has 0 spiro atoms. The van der Waals surface area contributed by atoms with E-state index < -0.39 is 0 Å². The first-order valence-corrected chi connectivity index (χ1v) is 4.29. The summed E-state index contributed by atoms with van der Waals surface area (Å²) in [6, 6.07) is 5.57. The molecular formula is C9H10N4O. The van der Waals surface area contributed by atoms with Gasteiger partial charge in [-0.25, -0.2) is 0 Å². The van der Waals surface area contributed by atoms with Crippen LogP contribution in [0.2, 0.25) is 0 Å². The van der Waals surface area contributed by atoms with Gasteiger partial charge in [0.05, 0.1) is 6.54 Å². The van der Waals surface area contributed by atoms with Gasteiger partial charge in [0.2, 0.25) is 11.7 Å². The first kappa shape index (κ1) is 8.83. The number of pyridine rings is 1. The monoisotopic (exact) mass is 190 g/mol. The third-order valence-corrected chi connectivity index (χ3v) is 1.69.